The van der Waals surface area contributed by atoms with Crippen molar-refractivity contribution in [2.24, 2.45) is 5.92 Å². The van der Waals surface area contributed by atoms with Gasteiger partial charge in [-0.2, -0.15) is 0 Å². The fraction of sp³-hybridized carbons (Fsp3) is 0.412. The highest BCUT2D eigenvalue weighted by atomic mass is 16.5. The monoisotopic (exact) mass is 299 g/mol. The summed E-state index contributed by atoms with van der Waals surface area (Å²) in [5, 5.41) is 0. The van der Waals surface area contributed by atoms with Gasteiger partial charge < -0.3 is 14.6 Å². The highest BCUT2D eigenvalue weighted by molar-refractivity contribution is 5.78. The second kappa shape index (κ2) is 6.75. The first-order valence-electron chi connectivity index (χ1n) is 7.61. The van der Waals surface area contributed by atoms with E-state index in [1.807, 2.05) is 17.2 Å². The van der Waals surface area contributed by atoms with Crippen LogP contribution in [0.1, 0.15) is 12.0 Å². The van der Waals surface area contributed by atoms with Crippen molar-refractivity contribution >= 4 is 5.91 Å². The number of likely N-dealkylation sites (tertiary alicyclic amines) is 1. The van der Waals surface area contributed by atoms with Crippen molar-refractivity contribution in [2.45, 2.75) is 12.8 Å². The number of benzene rings is 1. The van der Waals surface area contributed by atoms with Gasteiger partial charge >= 0.3 is 0 Å². The summed E-state index contributed by atoms with van der Waals surface area (Å²) in [6, 6.07) is 8.32. The number of aromatic amines is 1. The zero-order valence-electron chi connectivity index (χ0n) is 12.8. The summed E-state index contributed by atoms with van der Waals surface area (Å²) in [7, 11) is 1.67. The van der Waals surface area contributed by atoms with Crippen molar-refractivity contribution in [3.8, 4) is 11.3 Å². The summed E-state index contributed by atoms with van der Waals surface area (Å²) >= 11 is 0. The quantitative estimate of drug-likeness (QED) is 0.889. The molecule has 5 heteroatoms. The molecule has 1 atom stereocenters. The summed E-state index contributed by atoms with van der Waals surface area (Å²) in [5.74, 6) is 0.606. The first-order valence-corrected chi connectivity index (χ1v) is 7.61. The largest absolute Gasteiger partial charge is 0.383 e. The van der Waals surface area contributed by atoms with Crippen LogP contribution in [0.5, 0.6) is 0 Å². The highest BCUT2D eigenvalue weighted by Gasteiger charge is 2.29. The first-order chi connectivity index (χ1) is 10.8. The van der Waals surface area contributed by atoms with E-state index < -0.39 is 0 Å². The average Bonchev–Trinajstić information content (AvgIpc) is 3.16. The van der Waals surface area contributed by atoms with Gasteiger partial charge in [-0.15, -0.1) is 0 Å². The molecule has 1 aromatic heterocycles. The van der Waals surface area contributed by atoms with Crippen LogP contribution >= 0.6 is 0 Å². The standard InChI is InChI=1S/C17H21N3O2/c1-22-7-6-20-11-13(9-17(20)21)8-14-4-2-3-5-15(14)16-10-18-12-19-16/h2-5,10,12-13H,6-9,11H2,1H3,(H,18,19)/t13-/m0/s1. The van der Waals surface area contributed by atoms with E-state index in [1.165, 1.54) is 11.1 Å². The van der Waals surface area contributed by atoms with Gasteiger partial charge in [0, 0.05) is 32.2 Å². The van der Waals surface area contributed by atoms with Crippen molar-refractivity contribution in [3.05, 3.63) is 42.4 Å². The number of hydrogen-bond acceptors (Lipinski definition) is 3. The Hall–Kier alpha value is -2.14. The zero-order valence-corrected chi connectivity index (χ0v) is 12.8. The van der Waals surface area contributed by atoms with Gasteiger partial charge in [0.1, 0.15) is 0 Å². The second-order valence-corrected chi connectivity index (χ2v) is 5.73. The summed E-state index contributed by atoms with van der Waals surface area (Å²) in [5.41, 5.74) is 3.46. The molecule has 3 rings (SSSR count). The van der Waals surface area contributed by atoms with Crippen molar-refractivity contribution < 1.29 is 9.53 Å². The Morgan fingerprint density at radius 2 is 2.27 bits per heavy atom. The number of rotatable bonds is 6. The number of nitrogens with zero attached hydrogens (tertiary/aromatic N) is 2. The van der Waals surface area contributed by atoms with Crippen LogP contribution in [0.15, 0.2) is 36.8 Å². The summed E-state index contributed by atoms with van der Waals surface area (Å²) < 4.78 is 5.07. The van der Waals surface area contributed by atoms with Crippen LogP contribution in [0.2, 0.25) is 0 Å². The van der Waals surface area contributed by atoms with Gasteiger partial charge in [-0.05, 0) is 17.9 Å². The molecule has 0 radical (unpaired) electrons. The molecular weight excluding hydrogens is 278 g/mol. The maximum Gasteiger partial charge on any atom is 0.223 e. The zero-order chi connectivity index (χ0) is 15.4. The van der Waals surface area contributed by atoms with Crippen LogP contribution in [-0.2, 0) is 16.0 Å². The Bertz CT molecular complexity index is 625. The van der Waals surface area contributed by atoms with E-state index in [1.54, 1.807) is 13.4 Å². The highest BCUT2D eigenvalue weighted by Crippen LogP contribution is 2.27. The van der Waals surface area contributed by atoms with Crippen LogP contribution in [0.3, 0.4) is 0 Å². The van der Waals surface area contributed by atoms with Crippen LogP contribution < -0.4 is 0 Å². The lowest BCUT2D eigenvalue weighted by Crippen LogP contribution is -2.28. The fourth-order valence-corrected chi connectivity index (χ4v) is 3.08. The lowest BCUT2D eigenvalue weighted by Gasteiger charge is -2.16. The number of carbonyl (C=O) groups is 1. The van der Waals surface area contributed by atoms with Gasteiger partial charge in [0.15, 0.2) is 0 Å². The third-order valence-electron chi connectivity index (χ3n) is 4.17. The Labute approximate surface area is 130 Å². The van der Waals surface area contributed by atoms with Crippen LogP contribution in [0.4, 0.5) is 0 Å². The number of imidazole rings is 1. The van der Waals surface area contributed by atoms with Crippen LogP contribution in [0, 0.1) is 5.92 Å². The van der Waals surface area contributed by atoms with Crippen LogP contribution in [-0.4, -0.2) is 47.6 Å². The minimum atomic E-state index is 0.237. The van der Waals surface area contributed by atoms with E-state index >= 15 is 0 Å². The predicted molar refractivity (Wildman–Crippen MR) is 84.3 cm³/mol. The van der Waals surface area contributed by atoms with E-state index in [4.69, 9.17) is 4.74 Å². The minimum Gasteiger partial charge on any atom is -0.383 e. The molecule has 1 aliphatic heterocycles. The Morgan fingerprint density at radius 1 is 1.41 bits per heavy atom. The normalized spacial score (nSPS) is 18.1. The molecule has 1 fully saturated rings. The molecule has 22 heavy (non-hydrogen) atoms. The summed E-state index contributed by atoms with van der Waals surface area (Å²) in [6.07, 6.45) is 5.06. The molecule has 1 N–H and O–H groups in total. The van der Waals surface area contributed by atoms with Gasteiger partial charge in [-0.1, -0.05) is 24.3 Å². The first kappa shape index (κ1) is 14.8. The van der Waals surface area contributed by atoms with Crippen molar-refractivity contribution in [3.63, 3.8) is 0 Å². The van der Waals surface area contributed by atoms with Gasteiger partial charge in [0.05, 0.1) is 24.8 Å². The fourth-order valence-electron chi connectivity index (χ4n) is 3.08. The summed E-state index contributed by atoms with van der Waals surface area (Å²) in [4.78, 5) is 21.2. The number of aromatic nitrogens is 2. The lowest BCUT2D eigenvalue weighted by atomic mass is 9.94. The number of nitrogens with one attached hydrogen (secondary N) is 1. The number of amides is 1. The molecule has 0 aliphatic carbocycles. The van der Waals surface area contributed by atoms with E-state index in [0.717, 1.165) is 18.7 Å². The lowest BCUT2D eigenvalue weighted by molar-refractivity contribution is -0.128. The van der Waals surface area contributed by atoms with Crippen molar-refractivity contribution in [2.75, 3.05) is 26.8 Å². The molecule has 2 heterocycles. The number of carbonyl (C=O) groups excluding carboxylic acids is 1. The Kier molecular flexibility index (Phi) is 4.53. The van der Waals surface area contributed by atoms with E-state index in [0.29, 0.717) is 25.5 Å². The Balaban J connectivity index is 1.71. The van der Waals surface area contributed by atoms with Gasteiger partial charge in [-0.25, -0.2) is 4.98 Å². The topological polar surface area (TPSA) is 58.2 Å². The average molecular weight is 299 g/mol. The molecule has 1 aliphatic rings. The number of hydrogen-bond donors (Lipinski definition) is 1. The van der Waals surface area contributed by atoms with Crippen molar-refractivity contribution in [1.82, 2.24) is 14.9 Å². The molecular formula is C17H21N3O2. The molecule has 0 saturated carbocycles. The SMILES string of the molecule is COCCN1C[C@@H](Cc2ccccc2-c2cnc[nH]2)CC1=O. The van der Waals surface area contributed by atoms with Gasteiger partial charge in [-0.3, -0.25) is 4.79 Å². The molecule has 5 nitrogen and oxygen atoms in total. The number of H-pyrrole nitrogens is 1. The molecule has 1 saturated heterocycles. The van der Waals surface area contributed by atoms with Gasteiger partial charge in [0.25, 0.3) is 0 Å². The summed E-state index contributed by atoms with van der Waals surface area (Å²) in [6.45, 7) is 2.11. The predicted octanol–water partition coefficient (Wildman–Crippen LogP) is 2.11. The number of ether oxygens (including phenoxy) is 1. The van der Waals surface area contributed by atoms with Gasteiger partial charge in [0.2, 0.25) is 5.91 Å². The smallest absolute Gasteiger partial charge is 0.223 e. The van der Waals surface area contributed by atoms with E-state index in [9.17, 15) is 4.79 Å². The molecule has 1 aromatic carbocycles. The Morgan fingerprint density at radius 3 is 3.05 bits per heavy atom. The minimum absolute atomic E-state index is 0.237. The molecule has 2 aromatic rings. The molecule has 0 bridgehead atoms. The molecule has 0 unspecified atom stereocenters. The third-order valence-corrected chi connectivity index (χ3v) is 4.17. The molecule has 1 amide bonds. The van der Waals surface area contributed by atoms with Crippen molar-refractivity contribution in [1.29, 1.82) is 0 Å². The number of methoxy groups -OCH3 is 1. The molecule has 0 spiro atoms. The maximum absolute atomic E-state index is 12.0. The van der Waals surface area contributed by atoms with E-state index in [-0.39, 0.29) is 5.91 Å². The second-order valence-electron chi connectivity index (χ2n) is 5.73. The van der Waals surface area contributed by atoms with Crippen LogP contribution in [0.25, 0.3) is 11.3 Å². The van der Waals surface area contributed by atoms with E-state index in [2.05, 4.69) is 28.2 Å². The maximum atomic E-state index is 12.0. The molecule has 116 valence electrons. The third kappa shape index (κ3) is 3.20.